The molecule has 1 fully saturated rings. The SMILES string of the molecule is [C-]#[N+]c1c(Nc2ccc(N3CCNCC3)cn2)ncnc1Oc1ccc2c(cc(C)n2C(C)=O)c1F. The van der Waals surface area contributed by atoms with Gasteiger partial charge >= 0.3 is 0 Å². The standard InChI is InChI=1S/C25H23FN8O2/c1-15-12-18-19(34(15)16(2)35)5-6-20(22(18)26)36-25-23(27-3)24(30-14-31-25)32-21-7-4-17(13-29-21)33-10-8-28-9-11-33/h4-7,12-14,28H,8-11H2,1-2H3,(H,29,30,31,32). The fraction of sp³-hybridized carbons (Fsp3) is 0.240. The van der Waals surface area contributed by atoms with Gasteiger partial charge in [-0.1, -0.05) is 0 Å². The van der Waals surface area contributed by atoms with Gasteiger partial charge in [0.25, 0.3) is 5.69 Å². The number of anilines is 3. The van der Waals surface area contributed by atoms with E-state index in [9.17, 15) is 4.79 Å². The summed E-state index contributed by atoms with van der Waals surface area (Å²) in [5.74, 6) is -0.386. The summed E-state index contributed by atoms with van der Waals surface area (Å²) < 4.78 is 22.4. The first-order valence-electron chi connectivity index (χ1n) is 11.4. The molecule has 3 aromatic heterocycles. The first-order valence-corrected chi connectivity index (χ1v) is 11.4. The van der Waals surface area contributed by atoms with Gasteiger partial charge in [0.05, 0.1) is 24.0 Å². The molecule has 4 aromatic rings. The van der Waals surface area contributed by atoms with Crippen LogP contribution in [0.25, 0.3) is 15.7 Å². The summed E-state index contributed by atoms with van der Waals surface area (Å²) in [4.78, 5) is 30.3. The van der Waals surface area contributed by atoms with Gasteiger partial charge in [0, 0.05) is 44.2 Å². The topological polar surface area (TPSA) is 102 Å². The Balaban J connectivity index is 1.41. The van der Waals surface area contributed by atoms with Crippen molar-refractivity contribution in [2.75, 3.05) is 36.4 Å². The molecule has 5 rings (SSSR count). The summed E-state index contributed by atoms with van der Waals surface area (Å²) in [7, 11) is 0. The second-order valence-corrected chi connectivity index (χ2v) is 8.30. The second kappa shape index (κ2) is 9.59. The Labute approximate surface area is 206 Å². The molecule has 36 heavy (non-hydrogen) atoms. The van der Waals surface area contributed by atoms with Crippen molar-refractivity contribution in [3.63, 3.8) is 0 Å². The van der Waals surface area contributed by atoms with Crippen LogP contribution in [-0.4, -0.2) is 51.6 Å². The molecule has 1 saturated heterocycles. The van der Waals surface area contributed by atoms with Crippen LogP contribution in [0.5, 0.6) is 11.6 Å². The first-order chi connectivity index (χ1) is 17.5. The number of nitrogens with zero attached hydrogens (tertiary/aromatic N) is 6. The number of fused-ring (bicyclic) bond motifs is 1. The Hall–Kier alpha value is -4.56. The van der Waals surface area contributed by atoms with Crippen LogP contribution < -0.4 is 20.3 Å². The molecule has 4 heterocycles. The molecular weight excluding hydrogens is 463 g/mol. The van der Waals surface area contributed by atoms with Crippen LogP contribution in [0.15, 0.2) is 42.9 Å². The number of ether oxygens (including phenoxy) is 1. The zero-order valence-corrected chi connectivity index (χ0v) is 19.7. The molecule has 0 spiro atoms. The van der Waals surface area contributed by atoms with Crippen molar-refractivity contribution in [1.29, 1.82) is 0 Å². The third kappa shape index (κ3) is 4.30. The number of aryl methyl sites for hydroxylation is 1. The maximum absolute atomic E-state index is 15.3. The Kier molecular flexibility index (Phi) is 6.18. The fourth-order valence-electron chi connectivity index (χ4n) is 4.28. The average molecular weight is 487 g/mol. The van der Waals surface area contributed by atoms with Crippen LogP contribution in [-0.2, 0) is 0 Å². The molecular formula is C25H23FN8O2. The lowest BCUT2D eigenvalue weighted by molar-refractivity contribution is 0.0939. The number of carbonyl (C=O) groups excluding carboxylic acids is 1. The summed E-state index contributed by atoms with van der Waals surface area (Å²) >= 11 is 0. The fourth-order valence-corrected chi connectivity index (χ4v) is 4.28. The highest BCUT2D eigenvalue weighted by Gasteiger charge is 2.20. The van der Waals surface area contributed by atoms with E-state index < -0.39 is 5.82 Å². The minimum atomic E-state index is -0.648. The average Bonchev–Trinajstić information content (AvgIpc) is 3.24. The van der Waals surface area contributed by atoms with Crippen LogP contribution in [0.3, 0.4) is 0 Å². The number of carbonyl (C=O) groups is 1. The Morgan fingerprint density at radius 1 is 1.19 bits per heavy atom. The molecule has 0 atom stereocenters. The number of hydrogen-bond acceptors (Lipinski definition) is 8. The smallest absolute Gasteiger partial charge is 0.288 e. The molecule has 1 aromatic carbocycles. The van der Waals surface area contributed by atoms with Gasteiger partial charge in [-0.15, -0.1) is 0 Å². The Morgan fingerprint density at radius 2 is 2.00 bits per heavy atom. The maximum Gasteiger partial charge on any atom is 0.288 e. The molecule has 11 heteroatoms. The van der Waals surface area contributed by atoms with Gasteiger partial charge < -0.3 is 20.3 Å². The number of piperazine rings is 1. The van der Waals surface area contributed by atoms with Crippen molar-refractivity contribution in [2.24, 2.45) is 0 Å². The summed E-state index contributed by atoms with van der Waals surface area (Å²) in [6, 6.07) is 8.36. The lowest BCUT2D eigenvalue weighted by atomic mass is 10.2. The number of halogens is 1. The highest BCUT2D eigenvalue weighted by Crippen LogP contribution is 2.38. The molecule has 0 unspecified atom stereocenters. The van der Waals surface area contributed by atoms with Gasteiger partial charge in [-0.25, -0.2) is 24.2 Å². The third-order valence-electron chi connectivity index (χ3n) is 5.97. The summed E-state index contributed by atoms with van der Waals surface area (Å²) in [6.45, 7) is 14.5. The molecule has 0 radical (unpaired) electrons. The van der Waals surface area contributed by atoms with E-state index >= 15 is 4.39 Å². The van der Waals surface area contributed by atoms with Gasteiger partial charge in [0.15, 0.2) is 11.6 Å². The number of hydrogen-bond donors (Lipinski definition) is 2. The predicted molar refractivity (Wildman–Crippen MR) is 134 cm³/mol. The van der Waals surface area contributed by atoms with E-state index in [0.717, 1.165) is 31.9 Å². The lowest BCUT2D eigenvalue weighted by Crippen LogP contribution is -2.43. The summed E-state index contributed by atoms with van der Waals surface area (Å²) in [5, 5.41) is 6.58. The van der Waals surface area contributed by atoms with Gasteiger partial charge in [0.1, 0.15) is 18.0 Å². The van der Waals surface area contributed by atoms with Crippen molar-refractivity contribution in [3.8, 4) is 11.6 Å². The Morgan fingerprint density at radius 3 is 2.69 bits per heavy atom. The molecule has 1 aliphatic rings. The molecule has 182 valence electrons. The van der Waals surface area contributed by atoms with Crippen LogP contribution in [0.4, 0.5) is 27.4 Å². The zero-order chi connectivity index (χ0) is 25.2. The van der Waals surface area contributed by atoms with E-state index in [1.165, 1.54) is 23.9 Å². The van der Waals surface area contributed by atoms with Gasteiger partial charge in [-0.2, -0.15) is 0 Å². The first kappa shape index (κ1) is 23.2. The van der Waals surface area contributed by atoms with E-state index in [4.69, 9.17) is 11.3 Å². The highest BCUT2D eigenvalue weighted by molar-refractivity contribution is 5.93. The van der Waals surface area contributed by atoms with E-state index in [1.807, 2.05) is 12.1 Å². The van der Waals surface area contributed by atoms with Crippen LogP contribution in [0.2, 0.25) is 0 Å². The van der Waals surface area contributed by atoms with Crippen LogP contribution in [0.1, 0.15) is 17.4 Å². The van der Waals surface area contributed by atoms with Crippen molar-refractivity contribution in [1.82, 2.24) is 24.8 Å². The normalized spacial score (nSPS) is 13.4. The predicted octanol–water partition coefficient (Wildman–Crippen LogP) is 4.43. The van der Waals surface area contributed by atoms with E-state index in [0.29, 0.717) is 17.0 Å². The quantitative estimate of drug-likeness (QED) is 0.400. The molecule has 2 N–H and O–H groups in total. The van der Waals surface area contributed by atoms with Crippen molar-refractivity contribution < 1.29 is 13.9 Å². The van der Waals surface area contributed by atoms with E-state index in [-0.39, 0.29) is 34.4 Å². The largest absolute Gasteiger partial charge is 0.446 e. The van der Waals surface area contributed by atoms with Crippen molar-refractivity contribution in [3.05, 3.63) is 65.8 Å². The Bertz CT molecular complexity index is 1490. The van der Waals surface area contributed by atoms with E-state index in [1.54, 1.807) is 25.3 Å². The number of benzene rings is 1. The highest BCUT2D eigenvalue weighted by atomic mass is 19.1. The van der Waals surface area contributed by atoms with Gasteiger partial charge in [0.2, 0.25) is 11.8 Å². The second-order valence-electron chi connectivity index (χ2n) is 8.30. The lowest BCUT2D eigenvalue weighted by Gasteiger charge is -2.29. The molecule has 10 nitrogen and oxygen atoms in total. The minimum Gasteiger partial charge on any atom is -0.446 e. The summed E-state index contributed by atoms with van der Waals surface area (Å²) in [6.07, 6.45) is 3.00. The van der Waals surface area contributed by atoms with Crippen LogP contribution in [0, 0.1) is 19.3 Å². The number of pyridine rings is 1. The van der Waals surface area contributed by atoms with Crippen LogP contribution >= 0.6 is 0 Å². The summed E-state index contributed by atoms with van der Waals surface area (Å²) in [5.41, 5.74) is 2.05. The third-order valence-corrected chi connectivity index (χ3v) is 5.97. The maximum atomic E-state index is 15.3. The number of rotatable bonds is 5. The molecule has 1 aliphatic heterocycles. The minimum absolute atomic E-state index is 0.0116. The van der Waals surface area contributed by atoms with E-state index in [2.05, 4.69) is 35.3 Å². The molecule has 0 bridgehead atoms. The van der Waals surface area contributed by atoms with Crippen molar-refractivity contribution >= 4 is 39.8 Å². The van der Waals surface area contributed by atoms with Gasteiger partial charge in [-0.3, -0.25) is 9.36 Å². The van der Waals surface area contributed by atoms with Crippen molar-refractivity contribution in [2.45, 2.75) is 13.8 Å². The number of aromatic nitrogens is 4. The molecule has 0 saturated carbocycles. The molecule has 0 amide bonds. The molecule has 0 aliphatic carbocycles. The number of nitrogens with one attached hydrogen (secondary N) is 2. The zero-order valence-electron chi connectivity index (χ0n) is 19.7. The monoisotopic (exact) mass is 486 g/mol. The van der Waals surface area contributed by atoms with Gasteiger partial charge in [-0.05, 0) is 37.3 Å².